The average molecular weight is 310 g/mol. The fraction of sp³-hybridized carbons (Fsp3) is 0.200. The lowest BCUT2D eigenvalue weighted by molar-refractivity contribution is 0.404. The van der Waals surface area contributed by atoms with E-state index in [1.165, 1.54) is 4.31 Å². The Labute approximate surface area is 124 Å². The first-order valence-electron chi connectivity index (χ1n) is 6.23. The summed E-state index contributed by atoms with van der Waals surface area (Å²) in [6, 6.07) is 19.0. The van der Waals surface area contributed by atoms with Crippen molar-refractivity contribution in [1.29, 1.82) is 0 Å². The molecule has 20 heavy (non-hydrogen) atoms. The van der Waals surface area contributed by atoms with Gasteiger partial charge >= 0.3 is 0 Å². The van der Waals surface area contributed by atoms with E-state index >= 15 is 0 Å². The standard InChI is InChI=1S/C15H16ClNO2S/c16-13-20(18,19)17(11-14-7-3-1-4-8-14)12-15-9-5-2-6-10-15/h1-10H,11-13H2. The Kier molecular flexibility index (Phi) is 5.17. The van der Waals surface area contributed by atoms with Gasteiger partial charge in [0.25, 0.3) is 0 Å². The predicted molar refractivity (Wildman–Crippen MR) is 81.8 cm³/mol. The van der Waals surface area contributed by atoms with Crippen molar-refractivity contribution in [3.05, 3.63) is 71.8 Å². The number of rotatable bonds is 6. The van der Waals surface area contributed by atoms with Crippen molar-refractivity contribution >= 4 is 21.6 Å². The van der Waals surface area contributed by atoms with Crippen LogP contribution in [0.1, 0.15) is 11.1 Å². The molecule has 0 aliphatic carbocycles. The highest BCUT2D eigenvalue weighted by atomic mass is 35.5. The molecular weight excluding hydrogens is 294 g/mol. The van der Waals surface area contributed by atoms with E-state index in [9.17, 15) is 8.42 Å². The van der Waals surface area contributed by atoms with E-state index in [1.807, 2.05) is 60.7 Å². The maximum absolute atomic E-state index is 12.1. The van der Waals surface area contributed by atoms with Crippen LogP contribution in [-0.4, -0.2) is 17.9 Å². The van der Waals surface area contributed by atoms with Crippen LogP contribution in [0.2, 0.25) is 0 Å². The normalized spacial score (nSPS) is 11.7. The third-order valence-corrected chi connectivity index (χ3v) is 5.08. The second-order valence-corrected chi connectivity index (χ2v) is 7.01. The molecule has 0 bridgehead atoms. The Morgan fingerprint density at radius 3 is 1.55 bits per heavy atom. The third-order valence-electron chi connectivity index (χ3n) is 2.93. The molecule has 5 heteroatoms. The zero-order valence-electron chi connectivity index (χ0n) is 10.9. The largest absolute Gasteiger partial charge is 0.228 e. The lowest BCUT2D eigenvalue weighted by atomic mass is 10.2. The van der Waals surface area contributed by atoms with Gasteiger partial charge in [-0.05, 0) is 11.1 Å². The van der Waals surface area contributed by atoms with Crippen LogP contribution >= 0.6 is 11.6 Å². The predicted octanol–water partition coefficient (Wildman–Crippen LogP) is 3.21. The third kappa shape index (κ3) is 4.07. The first-order valence-corrected chi connectivity index (χ1v) is 8.38. The summed E-state index contributed by atoms with van der Waals surface area (Å²) in [7, 11) is -3.46. The molecule has 0 aliphatic rings. The van der Waals surface area contributed by atoms with Gasteiger partial charge in [0.1, 0.15) is 5.21 Å². The topological polar surface area (TPSA) is 37.4 Å². The van der Waals surface area contributed by atoms with Crippen LogP contribution < -0.4 is 0 Å². The SMILES string of the molecule is O=S(=O)(CCl)N(Cc1ccccc1)Cc1ccccc1. The summed E-state index contributed by atoms with van der Waals surface area (Å²) in [6.07, 6.45) is 0. The molecule has 106 valence electrons. The molecular formula is C15H16ClNO2S. The maximum Gasteiger partial charge on any atom is 0.228 e. The number of benzene rings is 2. The van der Waals surface area contributed by atoms with Crippen molar-refractivity contribution in [1.82, 2.24) is 4.31 Å². The van der Waals surface area contributed by atoms with Gasteiger partial charge in [-0.2, -0.15) is 4.31 Å². The highest BCUT2D eigenvalue weighted by Crippen LogP contribution is 2.15. The van der Waals surface area contributed by atoms with Crippen molar-refractivity contribution < 1.29 is 8.42 Å². The summed E-state index contributed by atoms with van der Waals surface area (Å²) in [6.45, 7) is 0.648. The van der Waals surface area contributed by atoms with E-state index in [1.54, 1.807) is 0 Å². The molecule has 0 radical (unpaired) electrons. The minimum Gasteiger partial charge on any atom is -0.211 e. The number of hydrogen-bond acceptors (Lipinski definition) is 2. The second kappa shape index (κ2) is 6.88. The molecule has 0 spiro atoms. The highest BCUT2D eigenvalue weighted by Gasteiger charge is 2.21. The number of nitrogens with zero attached hydrogens (tertiary/aromatic N) is 1. The number of halogens is 1. The summed E-state index contributed by atoms with van der Waals surface area (Å²) in [5.41, 5.74) is 1.88. The molecule has 0 aromatic heterocycles. The smallest absolute Gasteiger partial charge is 0.211 e. The first kappa shape index (κ1) is 15.0. The van der Waals surface area contributed by atoms with Gasteiger partial charge in [-0.25, -0.2) is 8.42 Å². The molecule has 0 N–H and O–H groups in total. The van der Waals surface area contributed by atoms with E-state index in [0.29, 0.717) is 13.1 Å². The fourth-order valence-electron chi connectivity index (χ4n) is 1.90. The zero-order chi connectivity index (χ0) is 14.4. The molecule has 0 amide bonds. The van der Waals surface area contributed by atoms with Gasteiger partial charge < -0.3 is 0 Å². The van der Waals surface area contributed by atoms with Gasteiger partial charge in [0, 0.05) is 13.1 Å². The van der Waals surface area contributed by atoms with Crippen molar-refractivity contribution in [2.75, 3.05) is 5.21 Å². The summed E-state index contributed by atoms with van der Waals surface area (Å²) in [5, 5.41) is -0.410. The zero-order valence-corrected chi connectivity index (χ0v) is 12.5. The van der Waals surface area contributed by atoms with E-state index in [-0.39, 0.29) is 0 Å². The first-order chi connectivity index (χ1) is 9.62. The summed E-state index contributed by atoms with van der Waals surface area (Å²) < 4.78 is 25.6. The summed E-state index contributed by atoms with van der Waals surface area (Å²) in [5.74, 6) is 0. The lowest BCUT2D eigenvalue weighted by Gasteiger charge is -2.21. The van der Waals surface area contributed by atoms with Crippen molar-refractivity contribution in [3.63, 3.8) is 0 Å². The highest BCUT2D eigenvalue weighted by molar-refractivity contribution is 7.90. The molecule has 2 rings (SSSR count). The Balaban J connectivity index is 2.22. The van der Waals surface area contributed by atoms with Crippen LogP contribution in [0, 0.1) is 0 Å². The van der Waals surface area contributed by atoms with Crippen molar-refractivity contribution in [3.8, 4) is 0 Å². The van der Waals surface area contributed by atoms with Crippen molar-refractivity contribution in [2.45, 2.75) is 13.1 Å². The Morgan fingerprint density at radius 2 is 1.20 bits per heavy atom. The maximum atomic E-state index is 12.1. The molecule has 2 aromatic rings. The molecule has 0 saturated carbocycles. The van der Waals surface area contributed by atoms with E-state index < -0.39 is 15.2 Å². The van der Waals surface area contributed by atoms with Crippen LogP contribution in [0.15, 0.2) is 60.7 Å². The van der Waals surface area contributed by atoms with Crippen LogP contribution in [0.25, 0.3) is 0 Å². The summed E-state index contributed by atoms with van der Waals surface area (Å²) in [4.78, 5) is 0. The number of hydrogen-bond donors (Lipinski definition) is 0. The number of sulfonamides is 1. The van der Waals surface area contributed by atoms with Gasteiger partial charge in [-0.1, -0.05) is 60.7 Å². The Bertz CT molecular complexity index is 588. The molecule has 0 unspecified atom stereocenters. The Hall–Kier alpha value is -1.36. The van der Waals surface area contributed by atoms with E-state index in [2.05, 4.69) is 0 Å². The summed E-state index contributed by atoms with van der Waals surface area (Å²) >= 11 is 5.59. The Morgan fingerprint density at radius 1 is 0.800 bits per heavy atom. The molecule has 0 saturated heterocycles. The van der Waals surface area contributed by atoms with Crippen LogP contribution in [0.3, 0.4) is 0 Å². The van der Waals surface area contributed by atoms with E-state index in [0.717, 1.165) is 11.1 Å². The fourth-order valence-corrected chi connectivity index (χ4v) is 3.14. The van der Waals surface area contributed by atoms with Crippen LogP contribution in [0.4, 0.5) is 0 Å². The van der Waals surface area contributed by atoms with Gasteiger partial charge in [0.05, 0.1) is 0 Å². The lowest BCUT2D eigenvalue weighted by Crippen LogP contribution is -2.30. The van der Waals surface area contributed by atoms with Gasteiger partial charge in [0.15, 0.2) is 0 Å². The van der Waals surface area contributed by atoms with Crippen LogP contribution in [0.5, 0.6) is 0 Å². The molecule has 0 atom stereocenters. The van der Waals surface area contributed by atoms with Gasteiger partial charge in [-0.3, -0.25) is 0 Å². The van der Waals surface area contributed by atoms with E-state index in [4.69, 9.17) is 11.6 Å². The van der Waals surface area contributed by atoms with Crippen LogP contribution in [-0.2, 0) is 23.1 Å². The number of alkyl halides is 1. The average Bonchev–Trinajstić information content (AvgIpc) is 2.49. The molecule has 0 fully saturated rings. The minimum atomic E-state index is -3.46. The van der Waals surface area contributed by atoms with Gasteiger partial charge in [-0.15, -0.1) is 11.6 Å². The molecule has 0 aliphatic heterocycles. The monoisotopic (exact) mass is 309 g/mol. The second-order valence-electron chi connectivity index (χ2n) is 4.46. The van der Waals surface area contributed by atoms with Crippen molar-refractivity contribution in [2.24, 2.45) is 0 Å². The minimum absolute atomic E-state index is 0.324. The molecule has 3 nitrogen and oxygen atoms in total. The quantitative estimate of drug-likeness (QED) is 0.768. The van der Waals surface area contributed by atoms with Gasteiger partial charge in [0.2, 0.25) is 10.0 Å². The molecule has 0 heterocycles. The molecule has 2 aromatic carbocycles.